The van der Waals surface area contributed by atoms with Crippen molar-refractivity contribution in [3.05, 3.63) is 17.0 Å². The van der Waals surface area contributed by atoms with Crippen molar-refractivity contribution in [3.8, 4) is 6.07 Å². The molecule has 1 atom stereocenters. The highest BCUT2D eigenvalue weighted by Crippen LogP contribution is 2.24. The van der Waals surface area contributed by atoms with Gasteiger partial charge in [0.05, 0.1) is 12.0 Å². The summed E-state index contributed by atoms with van der Waals surface area (Å²) in [5.74, 6) is -1.59. The maximum Gasteiger partial charge on any atom is 0.345 e. The van der Waals surface area contributed by atoms with Gasteiger partial charge in [0, 0.05) is 13.6 Å². The molecular formula is C10H12N2O4S2. The molecule has 0 amide bonds. The molecule has 8 heteroatoms. The quantitative estimate of drug-likeness (QED) is 0.878. The summed E-state index contributed by atoms with van der Waals surface area (Å²) in [5, 5.41) is 17.4. The fourth-order valence-corrected chi connectivity index (χ4v) is 3.87. The van der Waals surface area contributed by atoms with Crippen LogP contribution in [0.5, 0.6) is 0 Å². The summed E-state index contributed by atoms with van der Waals surface area (Å²) in [6, 6.07) is 4.46. The molecular weight excluding hydrogens is 276 g/mol. The van der Waals surface area contributed by atoms with Gasteiger partial charge in [-0.1, -0.05) is 0 Å². The lowest BCUT2D eigenvalue weighted by molar-refractivity contribution is 0.0702. The lowest BCUT2D eigenvalue weighted by atomic mass is 10.2. The monoisotopic (exact) mass is 288 g/mol. The predicted octanol–water partition coefficient (Wildman–Crippen LogP) is 1.23. The Morgan fingerprint density at radius 3 is 2.67 bits per heavy atom. The van der Waals surface area contributed by atoms with Gasteiger partial charge < -0.3 is 5.11 Å². The smallest absolute Gasteiger partial charge is 0.345 e. The van der Waals surface area contributed by atoms with Crippen molar-refractivity contribution in [2.24, 2.45) is 5.92 Å². The fourth-order valence-electron chi connectivity index (χ4n) is 1.25. The number of sulfonamides is 1. The van der Waals surface area contributed by atoms with Crippen LogP contribution in [0.1, 0.15) is 16.6 Å². The van der Waals surface area contributed by atoms with Gasteiger partial charge in [-0.05, 0) is 19.1 Å². The number of rotatable bonds is 5. The van der Waals surface area contributed by atoms with E-state index in [2.05, 4.69) is 0 Å². The van der Waals surface area contributed by atoms with Gasteiger partial charge >= 0.3 is 5.97 Å². The Balaban J connectivity index is 2.99. The van der Waals surface area contributed by atoms with Crippen LogP contribution in [0.25, 0.3) is 0 Å². The van der Waals surface area contributed by atoms with Gasteiger partial charge in [0.15, 0.2) is 0 Å². The molecule has 1 aromatic heterocycles. The van der Waals surface area contributed by atoms with Crippen LogP contribution in [-0.2, 0) is 10.0 Å². The molecule has 0 aliphatic heterocycles. The summed E-state index contributed by atoms with van der Waals surface area (Å²) in [5.41, 5.74) is 0. The van der Waals surface area contributed by atoms with E-state index in [1.165, 1.54) is 19.2 Å². The van der Waals surface area contributed by atoms with Crippen LogP contribution in [0.15, 0.2) is 16.3 Å². The first kappa shape index (κ1) is 14.6. The Morgan fingerprint density at radius 1 is 1.61 bits per heavy atom. The zero-order valence-corrected chi connectivity index (χ0v) is 11.5. The molecule has 0 aromatic carbocycles. The molecule has 0 saturated carbocycles. The Labute approximate surface area is 109 Å². The molecule has 0 fully saturated rings. The van der Waals surface area contributed by atoms with Gasteiger partial charge in [-0.2, -0.15) is 9.57 Å². The standard InChI is InChI=1S/C10H12N2O4S2/c1-7(5-11)6-12(2)18(15,16)9-4-3-8(17-9)10(13)14/h3-4,7H,6H2,1-2H3,(H,13,14). The summed E-state index contributed by atoms with van der Waals surface area (Å²) >= 11 is 0.699. The first-order valence-electron chi connectivity index (χ1n) is 4.98. The van der Waals surface area contributed by atoms with E-state index in [9.17, 15) is 13.2 Å². The van der Waals surface area contributed by atoms with Gasteiger partial charge in [-0.15, -0.1) is 11.3 Å². The van der Waals surface area contributed by atoms with E-state index < -0.39 is 21.9 Å². The minimum Gasteiger partial charge on any atom is -0.477 e. The van der Waals surface area contributed by atoms with Crippen molar-refractivity contribution in [3.63, 3.8) is 0 Å². The second-order valence-electron chi connectivity index (χ2n) is 3.74. The van der Waals surface area contributed by atoms with E-state index in [0.717, 1.165) is 4.31 Å². The zero-order valence-electron chi connectivity index (χ0n) is 9.82. The van der Waals surface area contributed by atoms with E-state index >= 15 is 0 Å². The molecule has 0 aliphatic carbocycles. The molecule has 0 spiro atoms. The minimum absolute atomic E-state index is 0.0321. The number of aromatic carboxylic acids is 1. The summed E-state index contributed by atoms with van der Waals surface area (Å²) in [4.78, 5) is 10.7. The van der Waals surface area contributed by atoms with E-state index in [1.807, 2.05) is 6.07 Å². The Bertz CT molecular complexity index is 585. The molecule has 0 bridgehead atoms. The first-order chi connectivity index (χ1) is 8.28. The SMILES string of the molecule is CC(C#N)CN(C)S(=O)(=O)c1ccc(C(=O)O)s1. The molecule has 1 heterocycles. The third kappa shape index (κ3) is 3.07. The molecule has 6 nitrogen and oxygen atoms in total. The zero-order chi connectivity index (χ0) is 13.9. The number of carbonyl (C=O) groups is 1. The topological polar surface area (TPSA) is 98.5 Å². The average Bonchev–Trinajstić information content (AvgIpc) is 2.78. The first-order valence-corrected chi connectivity index (χ1v) is 7.23. The second kappa shape index (κ2) is 5.48. The number of hydrogen-bond acceptors (Lipinski definition) is 5. The van der Waals surface area contributed by atoms with Crippen LogP contribution in [0, 0.1) is 17.2 Å². The normalized spacial score (nSPS) is 13.2. The molecule has 1 aromatic rings. The van der Waals surface area contributed by atoms with Crippen LogP contribution in [0.3, 0.4) is 0 Å². The number of hydrogen-bond donors (Lipinski definition) is 1. The molecule has 0 saturated heterocycles. The lowest BCUT2D eigenvalue weighted by Crippen LogP contribution is -2.30. The minimum atomic E-state index is -3.72. The number of carboxylic acid groups (broad SMARTS) is 1. The van der Waals surface area contributed by atoms with Crippen LogP contribution >= 0.6 is 11.3 Å². The van der Waals surface area contributed by atoms with Gasteiger partial charge in [-0.25, -0.2) is 13.2 Å². The summed E-state index contributed by atoms with van der Waals surface area (Å²) in [7, 11) is -2.36. The van der Waals surface area contributed by atoms with Gasteiger partial charge in [0.2, 0.25) is 0 Å². The third-order valence-corrected chi connectivity index (χ3v) is 5.57. The number of thiophene rings is 1. The largest absolute Gasteiger partial charge is 0.477 e. The molecule has 0 radical (unpaired) electrons. The van der Waals surface area contributed by atoms with Crippen LogP contribution in [-0.4, -0.2) is 37.4 Å². The Kier molecular flexibility index (Phi) is 4.45. The second-order valence-corrected chi connectivity index (χ2v) is 7.10. The van der Waals surface area contributed by atoms with Crippen molar-refractivity contribution in [1.82, 2.24) is 4.31 Å². The van der Waals surface area contributed by atoms with Crippen molar-refractivity contribution in [2.45, 2.75) is 11.1 Å². The van der Waals surface area contributed by atoms with Gasteiger partial charge in [0.1, 0.15) is 9.09 Å². The van der Waals surface area contributed by atoms with Crippen molar-refractivity contribution in [2.75, 3.05) is 13.6 Å². The number of nitriles is 1. The molecule has 18 heavy (non-hydrogen) atoms. The number of nitrogens with zero attached hydrogens (tertiary/aromatic N) is 2. The van der Waals surface area contributed by atoms with Crippen LogP contribution in [0.4, 0.5) is 0 Å². The van der Waals surface area contributed by atoms with E-state index in [4.69, 9.17) is 10.4 Å². The highest BCUT2D eigenvalue weighted by atomic mass is 32.2. The molecule has 1 unspecified atom stereocenters. The maximum atomic E-state index is 12.1. The average molecular weight is 288 g/mol. The summed E-state index contributed by atoms with van der Waals surface area (Å²) in [6.45, 7) is 1.68. The summed E-state index contributed by atoms with van der Waals surface area (Å²) < 4.78 is 25.1. The molecule has 1 N–H and O–H groups in total. The third-order valence-electron chi connectivity index (χ3n) is 2.21. The van der Waals surface area contributed by atoms with E-state index in [0.29, 0.717) is 11.3 Å². The fraction of sp³-hybridized carbons (Fsp3) is 0.400. The Hall–Kier alpha value is -1.43. The molecule has 98 valence electrons. The van der Waals surface area contributed by atoms with Gasteiger partial charge in [0.25, 0.3) is 10.0 Å². The van der Waals surface area contributed by atoms with E-state index in [-0.39, 0.29) is 15.6 Å². The number of carboxylic acids is 1. The maximum absolute atomic E-state index is 12.1. The van der Waals surface area contributed by atoms with Crippen molar-refractivity contribution >= 4 is 27.3 Å². The Morgan fingerprint density at radius 2 is 2.22 bits per heavy atom. The lowest BCUT2D eigenvalue weighted by Gasteiger charge is -2.16. The molecule has 1 rings (SSSR count). The predicted molar refractivity (Wildman–Crippen MR) is 65.9 cm³/mol. The van der Waals surface area contributed by atoms with Crippen molar-refractivity contribution < 1.29 is 18.3 Å². The van der Waals surface area contributed by atoms with Crippen LogP contribution in [0.2, 0.25) is 0 Å². The van der Waals surface area contributed by atoms with Crippen LogP contribution < -0.4 is 0 Å². The van der Waals surface area contributed by atoms with E-state index in [1.54, 1.807) is 6.92 Å². The molecule has 0 aliphatic rings. The summed E-state index contributed by atoms with van der Waals surface area (Å²) in [6.07, 6.45) is 0. The highest BCUT2D eigenvalue weighted by Gasteiger charge is 2.25. The highest BCUT2D eigenvalue weighted by molar-refractivity contribution is 7.91. The van der Waals surface area contributed by atoms with Crippen molar-refractivity contribution in [1.29, 1.82) is 5.26 Å². The van der Waals surface area contributed by atoms with Gasteiger partial charge in [-0.3, -0.25) is 0 Å².